The number of carbonyl (C=O) groups excluding carboxylic acids is 1. The smallest absolute Gasteiger partial charge is 0.309 e. The molecule has 0 aliphatic heterocycles. The number of thioether (sulfide) groups is 1. The number of nitrogens with zero attached hydrogens (tertiary/aromatic N) is 1. The lowest BCUT2D eigenvalue weighted by Crippen LogP contribution is -2.14. The van der Waals surface area contributed by atoms with Gasteiger partial charge in [-0.25, -0.2) is 4.98 Å². The summed E-state index contributed by atoms with van der Waals surface area (Å²) in [5.41, 5.74) is 1.11. The topological polar surface area (TPSA) is 39.2 Å². The van der Waals surface area contributed by atoms with Crippen LogP contribution in [0.25, 0.3) is 0 Å². The lowest BCUT2D eigenvalue weighted by atomic mass is 10.2. The summed E-state index contributed by atoms with van der Waals surface area (Å²) >= 11 is 5.00. The molecule has 0 radical (unpaired) electrons. The van der Waals surface area contributed by atoms with E-state index >= 15 is 0 Å². The van der Waals surface area contributed by atoms with Gasteiger partial charge in [-0.2, -0.15) is 0 Å². The number of ether oxygens (including phenoxy) is 1. The number of carbonyl (C=O) groups is 1. The van der Waals surface area contributed by atoms with Crippen LogP contribution >= 0.6 is 27.7 Å². The highest BCUT2D eigenvalue weighted by Crippen LogP contribution is 2.27. The molecule has 0 bridgehead atoms. The van der Waals surface area contributed by atoms with Crippen LogP contribution in [0.2, 0.25) is 0 Å². The van der Waals surface area contributed by atoms with Gasteiger partial charge in [-0.15, -0.1) is 11.8 Å². The van der Waals surface area contributed by atoms with Crippen LogP contribution in [-0.2, 0) is 9.53 Å². The first-order valence-electron chi connectivity index (χ1n) is 4.87. The van der Waals surface area contributed by atoms with Gasteiger partial charge in [0.15, 0.2) is 0 Å². The Balaban J connectivity index is 2.58. The first kappa shape index (κ1) is 13.5. The molecule has 0 aliphatic rings. The molecule has 1 rings (SSSR count). The third-order valence-electron chi connectivity index (χ3n) is 2.02. The van der Waals surface area contributed by atoms with Crippen LogP contribution in [0, 0.1) is 12.8 Å². The van der Waals surface area contributed by atoms with Crippen molar-refractivity contribution in [2.75, 3.05) is 12.9 Å². The fourth-order valence-electron chi connectivity index (χ4n) is 1.10. The van der Waals surface area contributed by atoms with E-state index < -0.39 is 0 Å². The van der Waals surface area contributed by atoms with Crippen molar-refractivity contribution in [2.45, 2.75) is 18.9 Å². The van der Waals surface area contributed by atoms with Crippen molar-refractivity contribution in [1.29, 1.82) is 0 Å². The molecule has 16 heavy (non-hydrogen) atoms. The Hall–Kier alpha value is -0.550. The predicted octanol–water partition coefficient (Wildman–Crippen LogP) is 3.05. The highest BCUT2D eigenvalue weighted by atomic mass is 79.9. The van der Waals surface area contributed by atoms with Crippen LogP contribution in [0.3, 0.4) is 0 Å². The summed E-state index contributed by atoms with van der Waals surface area (Å²) in [7, 11) is 1.41. The highest BCUT2D eigenvalue weighted by molar-refractivity contribution is 9.10. The Kier molecular flexibility index (Phi) is 5.28. The molecule has 0 amide bonds. The number of halogens is 1. The molecule has 0 saturated heterocycles. The summed E-state index contributed by atoms with van der Waals surface area (Å²) < 4.78 is 5.63. The summed E-state index contributed by atoms with van der Waals surface area (Å²) in [5, 5.41) is 0.904. The molecule has 5 heteroatoms. The molecule has 0 fully saturated rings. The van der Waals surface area contributed by atoms with Crippen molar-refractivity contribution < 1.29 is 9.53 Å². The monoisotopic (exact) mass is 303 g/mol. The second-order valence-corrected chi connectivity index (χ2v) is 5.40. The van der Waals surface area contributed by atoms with Crippen LogP contribution in [0.1, 0.15) is 12.5 Å². The maximum Gasteiger partial charge on any atom is 0.309 e. The van der Waals surface area contributed by atoms with E-state index in [4.69, 9.17) is 0 Å². The van der Waals surface area contributed by atoms with Gasteiger partial charge in [0, 0.05) is 11.9 Å². The van der Waals surface area contributed by atoms with Crippen LogP contribution in [0.15, 0.2) is 21.8 Å². The van der Waals surface area contributed by atoms with Crippen molar-refractivity contribution in [3.05, 3.63) is 22.3 Å². The van der Waals surface area contributed by atoms with Gasteiger partial charge in [0.2, 0.25) is 0 Å². The van der Waals surface area contributed by atoms with Gasteiger partial charge in [0.1, 0.15) is 5.03 Å². The minimum absolute atomic E-state index is 0.120. The molecule has 3 nitrogen and oxygen atoms in total. The Bertz CT molecular complexity index is 384. The largest absolute Gasteiger partial charge is 0.469 e. The van der Waals surface area contributed by atoms with Crippen LogP contribution in [0.4, 0.5) is 0 Å². The quantitative estimate of drug-likeness (QED) is 0.633. The van der Waals surface area contributed by atoms with Crippen molar-refractivity contribution in [3.63, 3.8) is 0 Å². The first-order chi connectivity index (χ1) is 7.54. The molecule has 1 unspecified atom stereocenters. The number of aromatic nitrogens is 1. The van der Waals surface area contributed by atoms with E-state index in [1.54, 1.807) is 11.8 Å². The maximum absolute atomic E-state index is 11.2. The number of rotatable bonds is 4. The molecule has 1 aromatic heterocycles. The summed E-state index contributed by atoms with van der Waals surface area (Å²) in [5.74, 6) is 0.363. The fraction of sp³-hybridized carbons (Fsp3) is 0.455. The van der Waals surface area contributed by atoms with Crippen molar-refractivity contribution in [3.8, 4) is 0 Å². The average molecular weight is 304 g/mol. The molecule has 0 N–H and O–H groups in total. The second kappa shape index (κ2) is 6.25. The normalized spacial score (nSPS) is 12.2. The van der Waals surface area contributed by atoms with E-state index in [0.717, 1.165) is 15.1 Å². The zero-order chi connectivity index (χ0) is 12.1. The summed E-state index contributed by atoms with van der Waals surface area (Å²) in [6.07, 6.45) is 1.82. The number of pyridine rings is 1. The molecule has 1 aromatic rings. The van der Waals surface area contributed by atoms with Crippen molar-refractivity contribution in [2.24, 2.45) is 5.92 Å². The SMILES string of the molecule is COC(=O)C(C)CSc1ncc(C)cc1Br. The van der Waals surface area contributed by atoms with Crippen LogP contribution in [-0.4, -0.2) is 23.8 Å². The van der Waals surface area contributed by atoms with E-state index in [-0.39, 0.29) is 11.9 Å². The zero-order valence-electron chi connectivity index (χ0n) is 9.49. The van der Waals surface area contributed by atoms with E-state index in [2.05, 4.69) is 25.7 Å². The van der Waals surface area contributed by atoms with E-state index in [1.165, 1.54) is 7.11 Å². The Morgan fingerprint density at radius 2 is 2.38 bits per heavy atom. The summed E-state index contributed by atoms with van der Waals surface area (Å²) in [6.45, 7) is 3.84. The molecular formula is C11H14BrNO2S. The molecule has 0 aromatic carbocycles. The minimum atomic E-state index is -0.185. The third-order valence-corrected chi connectivity index (χ3v) is 4.15. The Morgan fingerprint density at radius 1 is 1.69 bits per heavy atom. The first-order valence-corrected chi connectivity index (χ1v) is 6.65. The molecule has 1 heterocycles. The molecule has 0 spiro atoms. The second-order valence-electron chi connectivity index (χ2n) is 3.53. The lowest BCUT2D eigenvalue weighted by Gasteiger charge is -2.09. The zero-order valence-corrected chi connectivity index (χ0v) is 11.9. The molecular weight excluding hydrogens is 290 g/mol. The fourth-order valence-corrected chi connectivity index (χ4v) is 2.78. The molecule has 0 saturated carbocycles. The van der Waals surface area contributed by atoms with Crippen molar-refractivity contribution >= 4 is 33.7 Å². The summed E-state index contributed by atoms with van der Waals surface area (Å²) in [4.78, 5) is 15.5. The van der Waals surface area contributed by atoms with Crippen LogP contribution in [0.5, 0.6) is 0 Å². The van der Waals surface area contributed by atoms with Gasteiger partial charge in [-0.1, -0.05) is 6.92 Å². The highest BCUT2D eigenvalue weighted by Gasteiger charge is 2.14. The molecule has 1 atom stereocenters. The lowest BCUT2D eigenvalue weighted by molar-refractivity contribution is -0.143. The number of hydrogen-bond acceptors (Lipinski definition) is 4. The molecule has 0 aliphatic carbocycles. The summed E-state index contributed by atoms with van der Waals surface area (Å²) in [6, 6.07) is 2.01. The van der Waals surface area contributed by atoms with Gasteiger partial charge < -0.3 is 4.74 Å². The predicted molar refractivity (Wildman–Crippen MR) is 68.6 cm³/mol. The number of methoxy groups -OCH3 is 1. The maximum atomic E-state index is 11.2. The van der Waals surface area contributed by atoms with E-state index in [0.29, 0.717) is 5.75 Å². The van der Waals surface area contributed by atoms with Gasteiger partial charge in [-0.05, 0) is 34.5 Å². The Labute approximate surface area is 108 Å². The number of hydrogen-bond donors (Lipinski definition) is 0. The average Bonchev–Trinajstić information content (AvgIpc) is 2.26. The number of aryl methyl sites for hydroxylation is 1. The minimum Gasteiger partial charge on any atom is -0.469 e. The standard InChI is InChI=1S/C11H14BrNO2S/c1-7-4-9(12)10(13-5-7)16-6-8(2)11(14)15-3/h4-5,8H,6H2,1-3H3. The Morgan fingerprint density at radius 3 is 2.94 bits per heavy atom. The van der Waals surface area contributed by atoms with Crippen LogP contribution < -0.4 is 0 Å². The van der Waals surface area contributed by atoms with Gasteiger partial charge in [0.05, 0.1) is 17.5 Å². The molecule has 88 valence electrons. The van der Waals surface area contributed by atoms with Gasteiger partial charge >= 0.3 is 5.97 Å². The van der Waals surface area contributed by atoms with Gasteiger partial charge in [0.25, 0.3) is 0 Å². The van der Waals surface area contributed by atoms with E-state index in [1.807, 2.05) is 26.1 Å². The van der Waals surface area contributed by atoms with Crippen molar-refractivity contribution in [1.82, 2.24) is 4.98 Å². The third kappa shape index (κ3) is 3.79. The van der Waals surface area contributed by atoms with Gasteiger partial charge in [-0.3, -0.25) is 4.79 Å². The van der Waals surface area contributed by atoms with E-state index in [9.17, 15) is 4.79 Å². The number of esters is 1.